The van der Waals surface area contributed by atoms with Gasteiger partial charge in [-0.25, -0.2) is 14.6 Å². The van der Waals surface area contributed by atoms with Gasteiger partial charge in [-0.05, 0) is 43.4 Å². The normalized spacial score (nSPS) is 17.5. The van der Waals surface area contributed by atoms with Gasteiger partial charge in [0, 0.05) is 19.2 Å². The van der Waals surface area contributed by atoms with E-state index in [0.717, 1.165) is 34.7 Å². The average Bonchev–Trinajstić information content (AvgIpc) is 3.56. The van der Waals surface area contributed by atoms with E-state index in [1.165, 1.54) is 6.33 Å². The number of nitrogen functional groups attached to an aromatic ring is 1. The third-order valence-corrected chi connectivity index (χ3v) is 5.85. The summed E-state index contributed by atoms with van der Waals surface area (Å²) >= 11 is 0. The van der Waals surface area contributed by atoms with Gasteiger partial charge in [0.2, 0.25) is 0 Å². The van der Waals surface area contributed by atoms with Crippen LogP contribution in [0.3, 0.4) is 0 Å². The summed E-state index contributed by atoms with van der Waals surface area (Å²) in [5, 5.41) is 5.61. The molecule has 0 saturated carbocycles. The van der Waals surface area contributed by atoms with E-state index in [1.807, 2.05) is 78.5 Å². The second-order valence-electron chi connectivity index (χ2n) is 8.32. The minimum atomic E-state index is 0.0567. The Kier molecular flexibility index (Phi) is 6.71. The van der Waals surface area contributed by atoms with Crippen LogP contribution in [0.15, 0.2) is 73.1 Å². The molecule has 1 aliphatic rings. The smallest absolute Gasteiger partial charge is 0.164 e. The standard InChI is InChI=1S/C26H28N6O3/c1-31(26-21(35-26)9-6-16-33-2)14-15-32-25-22(24(27)28-17-29-25)23(30-32)18-10-12-20(13-11-18)34-19-7-4-3-5-8-19/h3-13,17,21,26H,14-16H2,1-2H3,(H2,27,28,29)/b9-6+. The van der Waals surface area contributed by atoms with Crippen molar-refractivity contribution >= 4 is 16.9 Å². The summed E-state index contributed by atoms with van der Waals surface area (Å²) in [5.74, 6) is 1.93. The molecule has 1 fully saturated rings. The number of para-hydroxylation sites is 1. The Labute approximate surface area is 203 Å². The van der Waals surface area contributed by atoms with Crippen LogP contribution in [-0.4, -0.2) is 64.3 Å². The molecule has 0 spiro atoms. The largest absolute Gasteiger partial charge is 0.457 e. The molecule has 5 rings (SSSR count). The lowest BCUT2D eigenvalue weighted by Gasteiger charge is -2.13. The van der Waals surface area contributed by atoms with Gasteiger partial charge >= 0.3 is 0 Å². The van der Waals surface area contributed by atoms with Crippen molar-refractivity contribution in [2.75, 3.05) is 33.0 Å². The van der Waals surface area contributed by atoms with Crippen molar-refractivity contribution in [1.29, 1.82) is 0 Å². The van der Waals surface area contributed by atoms with Crippen molar-refractivity contribution in [3.63, 3.8) is 0 Å². The minimum Gasteiger partial charge on any atom is -0.457 e. The van der Waals surface area contributed by atoms with Crippen LogP contribution in [0.5, 0.6) is 11.5 Å². The molecule has 2 atom stereocenters. The van der Waals surface area contributed by atoms with E-state index in [1.54, 1.807) is 7.11 Å². The first-order valence-corrected chi connectivity index (χ1v) is 11.5. The molecule has 35 heavy (non-hydrogen) atoms. The molecule has 2 N–H and O–H groups in total. The number of hydrogen-bond donors (Lipinski definition) is 1. The van der Waals surface area contributed by atoms with Crippen molar-refractivity contribution in [2.24, 2.45) is 0 Å². The van der Waals surface area contributed by atoms with Crippen LogP contribution < -0.4 is 10.5 Å². The molecular formula is C26H28N6O3. The number of nitrogens with zero attached hydrogens (tertiary/aromatic N) is 5. The van der Waals surface area contributed by atoms with Gasteiger partial charge in [-0.1, -0.05) is 30.4 Å². The van der Waals surface area contributed by atoms with E-state index in [-0.39, 0.29) is 12.3 Å². The van der Waals surface area contributed by atoms with Gasteiger partial charge in [0.1, 0.15) is 41.7 Å². The van der Waals surface area contributed by atoms with Gasteiger partial charge in [-0.3, -0.25) is 4.90 Å². The monoisotopic (exact) mass is 472 g/mol. The number of benzene rings is 2. The van der Waals surface area contributed by atoms with Crippen LogP contribution in [0.2, 0.25) is 0 Å². The lowest BCUT2D eigenvalue weighted by atomic mass is 10.1. The fourth-order valence-electron chi connectivity index (χ4n) is 3.97. The van der Waals surface area contributed by atoms with Crippen molar-refractivity contribution in [3.05, 3.63) is 73.1 Å². The van der Waals surface area contributed by atoms with Crippen molar-refractivity contribution in [1.82, 2.24) is 24.6 Å². The Balaban J connectivity index is 1.33. The molecule has 9 nitrogen and oxygen atoms in total. The summed E-state index contributed by atoms with van der Waals surface area (Å²) in [4.78, 5) is 10.8. The van der Waals surface area contributed by atoms with Crippen LogP contribution in [0.4, 0.5) is 5.82 Å². The van der Waals surface area contributed by atoms with Crippen LogP contribution in [0.25, 0.3) is 22.3 Å². The van der Waals surface area contributed by atoms with Gasteiger partial charge in [0.15, 0.2) is 5.65 Å². The van der Waals surface area contributed by atoms with Gasteiger partial charge in [0.05, 0.1) is 18.5 Å². The molecule has 9 heteroatoms. The number of anilines is 1. The summed E-state index contributed by atoms with van der Waals surface area (Å²) in [6.07, 6.45) is 5.63. The predicted octanol–water partition coefficient (Wildman–Crippen LogP) is 3.73. The number of rotatable bonds is 10. The number of nitrogens with two attached hydrogens (primary N) is 1. The maximum atomic E-state index is 6.25. The van der Waals surface area contributed by atoms with Gasteiger partial charge in [-0.15, -0.1) is 0 Å². The quantitative estimate of drug-likeness (QED) is 0.275. The fraction of sp³-hybridized carbons (Fsp3) is 0.269. The zero-order valence-electron chi connectivity index (χ0n) is 19.7. The molecular weight excluding hydrogens is 444 g/mol. The first kappa shape index (κ1) is 23.0. The number of epoxide rings is 1. The highest BCUT2D eigenvalue weighted by Gasteiger charge is 2.39. The summed E-state index contributed by atoms with van der Waals surface area (Å²) < 4.78 is 18.6. The summed E-state index contributed by atoms with van der Waals surface area (Å²) in [5.41, 5.74) is 8.62. The second kappa shape index (κ2) is 10.2. The number of ether oxygens (including phenoxy) is 3. The highest BCUT2D eigenvalue weighted by molar-refractivity contribution is 5.98. The molecule has 0 bridgehead atoms. The van der Waals surface area contributed by atoms with Gasteiger partial charge in [0.25, 0.3) is 0 Å². The molecule has 2 aromatic carbocycles. The first-order chi connectivity index (χ1) is 17.1. The zero-order valence-corrected chi connectivity index (χ0v) is 19.7. The highest BCUT2D eigenvalue weighted by atomic mass is 16.6. The Morgan fingerprint density at radius 3 is 2.63 bits per heavy atom. The predicted molar refractivity (Wildman–Crippen MR) is 134 cm³/mol. The lowest BCUT2D eigenvalue weighted by molar-refractivity contribution is 0.203. The van der Waals surface area contributed by atoms with Crippen molar-refractivity contribution in [3.8, 4) is 22.8 Å². The van der Waals surface area contributed by atoms with Crippen LogP contribution in [0, 0.1) is 0 Å². The molecule has 3 heterocycles. The number of hydrogen-bond acceptors (Lipinski definition) is 8. The van der Waals surface area contributed by atoms with Crippen LogP contribution >= 0.6 is 0 Å². The Morgan fingerprint density at radius 1 is 1.09 bits per heavy atom. The third kappa shape index (κ3) is 5.17. The summed E-state index contributed by atoms with van der Waals surface area (Å²) in [6.45, 7) is 1.95. The summed E-state index contributed by atoms with van der Waals surface area (Å²) in [7, 11) is 3.71. The lowest BCUT2D eigenvalue weighted by Crippen LogP contribution is -2.27. The number of likely N-dealkylation sites (N-methyl/N-ethyl adjacent to an activating group) is 1. The minimum absolute atomic E-state index is 0.0567. The molecule has 2 aromatic heterocycles. The molecule has 1 aliphatic heterocycles. The number of fused-ring (bicyclic) bond motifs is 1. The molecule has 0 aliphatic carbocycles. The van der Waals surface area contributed by atoms with Crippen LogP contribution in [0.1, 0.15) is 0 Å². The SMILES string of the molecule is COC/C=C/C1OC1N(C)CCn1nc(-c2ccc(Oc3ccccc3)cc2)c2c(N)ncnc21. The topological polar surface area (TPSA) is 104 Å². The molecule has 4 aromatic rings. The van der Waals surface area contributed by atoms with Gasteiger partial charge in [-0.2, -0.15) is 5.10 Å². The fourth-order valence-corrected chi connectivity index (χ4v) is 3.97. The van der Waals surface area contributed by atoms with E-state index in [2.05, 4.69) is 14.9 Å². The third-order valence-electron chi connectivity index (χ3n) is 5.85. The highest BCUT2D eigenvalue weighted by Crippen LogP contribution is 2.32. The van der Waals surface area contributed by atoms with Crippen molar-refractivity contribution < 1.29 is 14.2 Å². The van der Waals surface area contributed by atoms with E-state index < -0.39 is 0 Å². The molecule has 2 unspecified atom stereocenters. The molecule has 0 radical (unpaired) electrons. The Bertz CT molecular complexity index is 1310. The molecule has 1 saturated heterocycles. The number of aromatic nitrogens is 4. The maximum Gasteiger partial charge on any atom is 0.164 e. The summed E-state index contributed by atoms with van der Waals surface area (Å²) in [6, 6.07) is 17.5. The Hall–Kier alpha value is -3.79. The van der Waals surface area contributed by atoms with E-state index in [0.29, 0.717) is 24.6 Å². The van der Waals surface area contributed by atoms with Crippen LogP contribution in [-0.2, 0) is 16.0 Å². The van der Waals surface area contributed by atoms with Crippen molar-refractivity contribution in [2.45, 2.75) is 18.9 Å². The van der Waals surface area contributed by atoms with E-state index in [9.17, 15) is 0 Å². The zero-order chi connectivity index (χ0) is 24.2. The van der Waals surface area contributed by atoms with E-state index in [4.69, 9.17) is 25.0 Å². The first-order valence-electron chi connectivity index (χ1n) is 11.5. The average molecular weight is 473 g/mol. The number of methoxy groups -OCH3 is 1. The molecule has 0 amide bonds. The van der Waals surface area contributed by atoms with Gasteiger partial charge < -0.3 is 19.9 Å². The Morgan fingerprint density at radius 2 is 1.86 bits per heavy atom. The van der Waals surface area contributed by atoms with E-state index >= 15 is 0 Å². The second-order valence-corrected chi connectivity index (χ2v) is 8.32. The maximum absolute atomic E-state index is 6.25. The molecule has 180 valence electrons.